The minimum atomic E-state index is 0.0278. The molecule has 0 saturated heterocycles. The fourth-order valence-electron chi connectivity index (χ4n) is 3.85. The second-order valence-electron chi connectivity index (χ2n) is 7.60. The number of benzene rings is 4. The highest BCUT2D eigenvalue weighted by Gasteiger charge is 2.24. The summed E-state index contributed by atoms with van der Waals surface area (Å²) >= 11 is 4.04. The normalized spacial score (nSPS) is 15.2. The molecule has 4 nitrogen and oxygen atoms in total. The Kier molecular flexibility index (Phi) is 6.73. The van der Waals surface area contributed by atoms with Gasteiger partial charge in [-0.1, -0.05) is 84.6 Å². The van der Waals surface area contributed by atoms with Crippen LogP contribution in [0.1, 0.15) is 29.0 Å². The highest BCUT2D eigenvalue weighted by Crippen LogP contribution is 2.41. The van der Waals surface area contributed by atoms with E-state index in [1.165, 1.54) is 10.8 Å². The first-order chi connectivity index (χ1) is 16.2. The quantitative estimate of drug-likeness (QED) is 0.242. The fraction of sp³-hybridized carbons (Fsp3) is 0.148. The minimum Gasteiger partial charge on any atom is -0.490 e. The number of fused-ring (bicyclic) bond motifs is 1. The van der Waals surface area contributed by atoms with Gasteiger partial charge in [0.1, 0.15) is 17.0 Å². The van der Waals surface area contributed by atoms with E-state index < -0.39 is 0 Å². The molecule has 0 fully saturated rings. The van der Waals surface area contributed by atoms with Crippen molar-refractivity contribution in [2.24, 2.45) is 5.10 Å². The Hall–Kier alpha value is -2.71. The second kappa shape index (κ2) is 10.1. The molecule has 1 atom stereocenters. The summed E-state index contributed by atoms with van der Waals surface area (Å²) in [6, 6.07) is 29.2. The first-order valence-corrected chi connectivity index (χ1v) is 12.8. The number of ether oxygens (including phenoxy) is 2. The van der Waals surface area contributed by atoms with Crippen molar-refractivity contribution < 1.29 is 9.47 Å². The highest BCUT2D eigenvalue weighted by molar-refractivity contribution is 14.1. The van der Waals surface area contributed by atoms with Crippen molar-refractivity contribution in [3.05, 3.63) is 105 Å². The van der Waals surface area contributed by atoms with Crippen molar-refractivity contribution in [2.45, 2.75) is 18.9 Å². The maximum absolute atomic E-state index is 6.33. The molecule has 0 spiro atoms. The van der Waals surface area contributed by atoms with Crippen molar-refractivity contribution in [1.29, 1.82) is 0 Å². The van der Waals surface area contributed by atoms with Gasteiger partial charge in [-0.3, -0.25) is 5.43 Å². The molecule has 4 aromatic carbocycles. The van der Waals surface area contributed by atoms with Crippen molar-refractivity contribution in [3.63, 3.8) is 0 Å². The summed E-state index contributed by atoms with van der Waals surface area (Å²) in [6.07, 6.45) is 0. The second-order valence-corrected chi connectivity index (χ2v) is 9.86. The number of thioether (sulfide) groups is 1. The summed E-state index contributed by atoms with van der Waals surface area (Å²) in [5.41, 5.74) is 6.65. The van der Waals surface area contributed by atoms with Gasteiger partial charge in [0.05, 0.1) is 10.2 Å². The van der Waals surface area contributed by atoms with E-state index in [4.69, 9.17) is 9.47 Å². The third-order valence-electron chi connectivity index (χ3n) is 5.42. The smallest absolute Gasteiger partial charge is 0.174 e. The lowest BCUT2D eigenvalue weighted by atomic mass is 10.1. The Balaban J connectivity index is 1.38. The number of hydrogen-bond donors (Lipinski definition) is 1. The molecular weight excluding hydrogens is 543 g/mol. The number of hydrazone groups is 1. The predicted octanol–water partition coefficient (Wildman–Crippen LogP) is 7.12. The molecule has 1 heterocycles. The van der Waals surface area contributed by atoms with Crippen LogP contribution in [0.2, 0.25) is 0 Å². The molecule has 0 unspecified atom stereocenters. The monoisotopic (exact) mass is 566 g/mol. The van der Waals surface area contributed by atoms with Crippen molar-refractivity contribution in [1.82, 2.24) is 5.43 Å². The largest absolute Gasteiger partial charge is 0.490 e. The van der Waals surface area contributed by atoms with Crippen LogP contribution < -0.4 is 14.9 Å². The van der Waals surface area contributed by atoms with E-state index in [0.717, 1.165) is 36.8 Å². The first kappa shape index (κ1) is 22.1. The third kappa shape index (κ3) is 4.82. The van der Waals surface area contributed by atoms with E-state index in [9.17, 15) is 0 Å². The van der Waals surface area contributed by atoms with Gasteiger partial charge in [0.25, 0.3) is 0 Å². The molecule has 0 aromatic heterocycles. The molecule has 0 radical (unpaired) electrons. The molecule has 4 aromatic rings. The van der Waals surface area contributed by atoms with Gasteiger partial charge >= 0.3 is 0 Å². The summed E-state index contributed by atoms with van der Waals surface area (Å²) < 4.78 is 13.4. The summed E-state index contributed by atoms with van der Waals surface area (Å²) in [4.78, 5) is 0. The third-order valence-corrected chi connectivity index (χ3v) is 7.38. The number of nitrogens with zero attached hydrogens (tertiary/aromatic N) is 1. The van der Waals surface area contributed by atoms with Crippen LogP contribution in [-0.4, -0.2) is 11.7 Å². The Morgan fingerprint density at radius 3 is 2.58 bits per heavy atom. The van der Waals surface area contributed by atoms with Gasteiger partial charge in [0.15, 0.2) is 11.5 Å². The van der Waals surface area contributed by atoms with Crippen molar-refractivity contribution in [3.8, 4) is 11.5 Å². The maximum atomic E-state index is 6.33. The molecule has 166 valence electrons. The molecular formula is C27H23IN2O2S. The van der Waals surface area contributed by atoms with E-state index in [2.05, 4.69) is 99.8 Å². The number of hydrogen-bond acceptors (Lipinski definition) is 5. The minimum absolute atomic E-state index is 0.0278. The van der Waals surface area contributed by atoms with Gasteiger partial charge in [-0.2, -0.15) is 5.10 Å². The molecule has 1 N–H and O–H groups in total. The zero-order chi connectivity index (χ0) is 22.6. The lowest BCUT2D eigenvalue weighted by molar-refractivity contribution is 0.268. The number of rotatable bonds is 7. The fourth-order valence-corrected chi connectivity index (χ4v) is 5.61. The average Bonchev–Trinajstić information content (AvgIpc) is 3.35. The molecule has 0 saturated carbocycles. The lowest BCUT2D eigenvalue weighted by Gasteiger charge is -2.18. The van der Waals surface area contributed by atoms with Crippen LogP contribution in [0.3, 0.4) is 0 Å². The van der Waals surface area contributed by atoms with Crippen LogP contribution >= 0.6 is 34.4 Å². The predicted molar refractivity (Wildman–Crippen MR) is 145 cm³/mol. The van der Waals surface area contributed by atoms with Gasteiger partial charge in [0, 0.05) is 5.56 Å². The van der Waals surface area contributed by atoms with Crippen LogP contribution in [0.5, 0.6) is 11.5 Å². The summed E-state index contributed by atoms with van der Waals surface area (Å²) in [6.45, 7) is 3.04. The maximum Gasteiger partial charge on any atom is 0.174 e. The Bertz CT molecular complexity index is 1310. The van der Waals surface area contributed by atoms with Crippen molar-refractivity contribution in [2.75, 3.05) is 6.61 Å². The standard InChI is InChI=1S/C27H23IN2O2S/c1-2-31-24-16-21(27-30-29-26(33-27)19-10-4-3-5-11-19)15-23(28)25(24)32-17-20-13-8-12-18-9-6-7-14-22(18)20/h3-16,27,30H,2,17H2,1H3/t27-/m0/s1. The first-order valence-electron chi connectivity index (χ1n) is 10.8. The van der Waals surface area contributed by atoms with Gasteiger partial charge in [-0.05, 0) is 63.5 Å². The van der Waals surface area contributed by atoms with Gasteiger partial charge in [-0.25, -0.2) is 0 Å². The molecule has 1 aliphatic rings. The molecule has 0 amide bonds. The zero-order valence-corrected chi connectivity index (χ0v) is 21.1. The Morgan fingerprint density at radius 2 is 1.73 bits per heavy atom. The molecule has 0 aliphatic carbocycles. The van der Waals surface area contributed by atoms with Gasteiger partial charge in [-0.15, -0.1) is 0 Å². The molecule has 33 heavy (non-hydrogen) atoms. The summed E-state index contributed by atoms with van der Waals surface area (Å²) in [5, 5.41) is 7.99. The van der Waals surface area contributed by atoms with Crippen LogP contribution in [0.15, 0.2) is 90.0 Å². The van der Waals surface area contributed by atoms with Gasteiger partial charge in [0.2, 0.25) is 0 Å². The molecule has 0 bridgehead atoms. The summed E-state index contributed by atoms with van der Waals surface area (Å²) in [7, 11) is 0. The van der Waals surface area contributed by atoms with Crippen LogP contribution in [0.25, 0.3) is 10.8 Å². The van der Waals surface area contributed by atoms with Crippen LogP contribution in [0, 0.1) is 3.57 Å². The summed E-state index contributed by atoms with van der Waals surface area (Å²) in [5.74, 6) is 1.54. The van der Waals surface area contributed by atoms with E-state index in [1.54, 1.807) is 11.8 Å². The SMILES string of the molecule is CCOc1cc([C@H]2NN=C(c3ccccc3)S2)cc(I)c1OCc1cccc2ccccc12. The average molecular weight is 566 g/mol. The topological polar surface area (TPSA) is 42.8 Å². The van der Waals surface area contributed by atoms with E-state index in [-0.39, 0.29) is 5.37 Å². The molecule has 6 heteroatoms. The Morgan fingerprint density at radius 1 is 0.939 bits per heavy atom. The highest BCUT2D eigenvalue weighted by atomic mass is 127. The number of halogens is 1. The van der Waals surface area contributed by atoms with Crippen LogP contribution in [0.4, 0.5) is 0 Å². The molecule has 5 rings (SSSR count). The Labute approximate surface area is 211 Å². The number of nitrogens with one attached hydrogen (secondary N) is 1. The molecule has 1 aliphatic heterocycles. The van der Waals surface area contributed by atoms with E-state index in [0.29, 0.717) is 13.2 Å². The van der Waals surface area contributed by atoms with E-state index >= 15 is 0 Å². The zero-order valence-electron chi connectivity index (χ0n) is 18.1. The van der Waals surface area contributed by atoms with Gasteiger partial charge < -0.3 is 9.47 Å². The van der Waals surface area contributed by atoms with Crippen LogP contribution in [-0.2, 0) is 6.61 Å². The lowest BCUT2D eigenvalue weighted by Crippen LogP contribution is -2.09. The van der Waals surface area contributed by atoms with Crippen molar-refractivity contribution >= 4 is 50.2 Å². The van der Waals surface area contributed by atoms with E-state index in [1.807, 2.05) is 25.1 Å².